The second-order valence-electron chi connectivity index (χ2n) is 16.1. The fourth-order valence-electron chi connectivity index (χ4n) is 9.25. The molecular weight excluding hydrogens is 715 g/mol. The molecule has 0 unspecified atom stereocenters. The van der Waals surface area contributed by atoms with Crippen LogP contribution >= 0.6 is 0 Å². The summed E-state index contributed by atoms with van der Waals surface area (Å²) < 4.78 is 6.45. The summed E-state index contributed by atoms with van der Waals surface area (Å²) in [6, 6.07) is 76.8. The predicted molar refractivity (Wildman–Crippen MR) is 248 cm³/mol. The van der Waals surface area contributed by atoms with Gasteiger partial charge in [-0.15, -0.1) is 0 Å². The van der Waals surface area contributed by atoms with Gasteiger partial charge >= 0.3 is 0 Å². The van der Waals surface area contributed by atoms with E-state index in [4.69, 9.17) is 4.42 Å². The van der Waals surface area contributed by atoms with E-state index in [1.165, 1.54) is 55.6 Å². The van der Waals surface area contributed by atoms with Crippen molar-refractivity contribution in [3.05, 3.63) is 223 Å². The fourth-order valence-corrected chi connectivity index (χ4v) is 9.25. The summed E-state index contributed by atoms with van der Waals surface area (Å²) in [5.41, 5.74) is 19.7. The topological polar surface area (TPSA) is 16.4 Å². The largest absolute Gasteiger partial charge is 0.455 e. The molecule has 0 spiro atoms. The number of hydrogen-bond acceptors (Lipinski definition) is 2. The van der Waals surface area contributed by atoms with Gasteiger partial charge < -0.3 is 9.32 Å². The van der Waals surface area contributed by atoms with Gasteiger partial charge in [0.15, 0.2) is 0 Å². The molecule has 0 amide bonds. The molecule has 2 nitrogen and oxygen atoms in total. The molecule has 0 saturated heterocycles. The van der Waals surface area contributed by atoms with Gasteiger partial charge in [0.05, 0.1) is 5.69 Å². The SMILES string of the molecule is CC1(C)c2cc(-c3ccc(-c4ccccc4)cc3)ccc2-c2ccc(N(c3ccc(-c4cccc5c4oc4ccccc45)cc3)c3ccccc3-c3ccccc3)cc21. The number of para-hydroxylation sites is 3. The van der Waals surface area contributed by atoms with E-state index in [9.17, 15) is 0 Å². The van der Waals surface area contributed by atoms with Crippen molar-refractivity contribution in [2.75, 3.05) is 4.90 Å². The molecular formula is C57H41NO. The summed E-state index contributed by atoms with van der Waals surface area (Å²) in [5.74, 6) is 0. The lowest BCUT2D eigenvalue weighted by molar-refractivity contribution is 0.660. The van der Waals surface area contributed by atoms with Crippen molar-refractivity contribution >= 4 is 39.0 Å². The summed E-state index contributed by atoms with van der Waals surface area (Å²) in [4.78, 5) is 2.42. The minimum Gasteiger partial charge on any atom is -0.455 e. The van der Waals surface area contributed by atoms with E-state index in [0.717, 1.165) is 50.1 Å². The van der Waals surface area contributed by atoms with Gasteiger partial charge in [-0.2, -0.15) is 0 Å². The minimum absolute atomic E-state index is 0.208. The highest BCUT2D eigenvalue weighted by molar-refractivity contribution is 6.09. The van der Waals surface area contributed by atoms with Gasteiger partial charge in [0, 0.05) is 38.7 Å². The molecule has 10 aromatic rings. The van der Waals surface area contributed by atoms with E-state index < -0.39 is 0 Å². The van der Waals surface area contributed by atoms with Crippen LogP contribution in [0.25, 0.3) is 77.6 Å². The summed E-state index contributed by atoms with van der Waals surface area (Å²) in [6.45, 7) is 4.75. The first-order chi connectivity index (χ1) is 29.0. The van der Waals surface area contributed by atoms with Crippen LogP contribution in [0.3, 0.4) is 0 Å². The Morgan fingerprint density at radius 3 is 1.63 bits per heavy atom. The molecule has 0 saturated carbocycles. The Hall–Kier alpha value is -7.42. The Kier molecular flexibility index (Phi) is 8.20. The van der Waals surface area contributed by atoms with Crippen LogP contribution in [-0.4, -0.2) is 0 Å². The zero-order valence-electron chi connectivity index (χ0n) is 33.1. The fraction of sp³-hybridized carbons (Fsp3) is 0.0526. The second kappa shape index (κ2) is 13.9. The highest BCUT2D eigenvalue weighted by Crippen LogP contribution is 2.52. The highest BCUT2D eigenvalue weighted by atomic mass is 16.3. The Balaban J connectivity index is 1.00. The molecule has 1 aromatic heterocycles. The monoisotopic (exact) mass is 755 g/mol. The van der Waals surface area contributed by atoms with E-state index in [0.29, 0.717) is 0 Å². The van der Waals surface area contributed by atoms with E-state index in [-0.39, 0.29) is 5.41 Å². The number of fused-ring (bicyclic) bond motifs is 6. The maximum atomic E-state index is 6.45. The lowest BCUT2D eigenvalue weighted by Gasteiger charge is -2.30. The van der Waals surface area contributed by atoms with Crippen LogP contribution in [0, 0.1) is 0 Å². The highest BCUT2D eigenvalue weighted by Gasteiger charge is 2.36. The van der Waals surface area contributed by atoms with Gasteiger partial charge in [-0.3, -0.25) is 0 Å². The molecule has 59 heavy (non-hydrogen) atoms. The van der Waals surface area contributed by atoms with Crippen molar-refractivity contribution in [2.24, 2.45) is 0 Å². The molecule has 9 aromatic carbocycles. The van der Waals surface area contributed by atoms with Gasteiger partial charge in [0.25, 0.3) is 0 Å². The van der Waals surface area contributed by atoms with Crippen LogP contribution in [0.15, 0.2) is 217 Å². The Morgan fingerprint density at radius 1 is 0.356 bits per heavy atom. The lowest BCUT2D eigenvalue weighted by Crippen LogP contribution is -2.17. The van der Waals surface area contributed by atoms with Gasteiger partial charge in [-0.1, -0.05) is 184 Å². The predicted octanol–water partition coefficient (Wildman–Crippen LogP) is 16.0. The van der Waals surface area contributed by atoms with E-state index in [2.05, 4.69) is 219 Å². The number of anilines is 3. The molecule has 0 bridgehead atoms. The molecule has 1 aliphatic rings. The average molecular weight is 756 g/mol. The molecule has 0 fully saturated rings. The van der Waals surface area contributed by atoms with Gasteiger partial charge in [-0.25, -0.2) is 0 Å². The summed E-state index contributed by atoms with van der Waals surface area (Å²) in [7, 11) is 0. The van der Waals surface area contributed by atoms with Crippen molar-refractivity contribution < 1.29 is 4.42 Å². The van der Waals surface area contributed by atoms with Crippen LogP contribution in [0.2, 0.25) is 0 Å². The number of rotatable bonds is 7. The first kappa shape index (κ1) is 34.8. The molecule has 0 N–H and O–H groups in total. The number of furan rings is 1. The number of hydrogen-bond donors (Lipinski definition) is 0. The number of benzene rings is 9. The summed E-state index contributed by atoms with van der Waals surface area (Å²) in [6.07, 6.45) is 0. The molecule has 1 heterocycles. The van der Waals surface area contributed by atoms with Crippen LogP contribution in [0.1, 0.15) is 25.0 Å². The minimum atomic E-state index is -0.208. The molecule has 1 aliphatic carbocycles. The first-order valence-corrected chi connectivity index (χ1v) is 20.4. The van der Waals surface area contributed by atoms with Gasteiger partial charge in [0.2, 0.25) is 0 Å². The smallest absolute Gasteiger partial charge is 0.143 e. The molecule has 280 valence electrons. The van der Waals surface area contributed by atoms with Crippen LogP contribution in [-0.2, 0) is 5.41 Å². The second-order valence-corrected chi connectivity index (χ2v) is 16.1. The molecule has 2 heteroatoms. The van der Waals surface area contributed by atoms with E-state index in [1.54, 1.807) is 0 Å². The van der Waals surface area contributed by atoms with Crippen LogP contribution < -0.4 is 4.90 Å². The third-order valence-electron chi connectivity index (χ3n) is 12.3. The summed E-state index contributed by atoms with van der Waals surface area (Å²) in [5, 5.41) is 2.27. The van der Waals surface area contributed by atoms with E-state index >= 15 is 0 Å². The zero-order chi connectivity index (χ0) is 39.5. The molecule has 11 rings (SSSR count). The molecule has 0 atom stereocenters. The molecule has 0 radical (unpaired) electrons. The van der Waals surface area contributed by atoms with Crippen molar-refractivity contribution in [3.8, 4) is 55.6 Å². The van der Waals surface area contributed by atoms with Crippen LogP contribution in [0.4, 0.5) is 17.1 Å². The maximum absolute atomic E-state index is 6.45. The van der Waals surface area contributed by atoms with Gasteiger partial charge in [0.1, 0.15) is 11.2 Å². The third kappa shape index (κ3) is 5.87. The quantitative estimate of drug-likeness (QED) is 0.161. The van der Waals surface area contributed by atoms with Crippen molar-refractivity contribution in [1.82, 2.24) is 0 Å². The van der Waals surface area contributed by atoms with Gasteiger partial charge in [-0.05, 0) is 98.1 Å². The number of nitrogens with zero attached hydrogens (tertiary/aromatic N) is 1. The molecule has 0 aliphatic heterocycles. The Morgan fingerprint density at radius 2 is 0.864 bits per heavy atom. The van der Waals surface area contributed by atoms with Crippen LogP contribution in [0.5, 0.6) is 0 Å². The van der Waals surface area contributed by atoms with Crippen molar-refractivity contribution in [2.45, 2.75) is 19.3 Å². The Labute approximate surface area is 345 Å². The Bertz CT molecular complexity index is 3160. The normalized spacial score (nSPS) is 12.7. The maximum Gasteiger partial charge on any atom is 0.143 e. The van der Waals surface area contributed by atoms with Crippen molar-refractivity contribution in [1.29, 1.82) is 0 Å². The zero-order valence-corrected chi connectivity index (χ0v) is 33.1. The summed E-state index contributed by atoms with van der Waals surface area (Å²) >= 11 is 0. The lowest BCUT2D eigenvalue weighted by atomic mass is 9.81. The first-order valence-electron chi connectivity index (χ1n) is 20.4. The average Bonchev–Trinajstić information content (AvgIpc) is 3.79. The third-order valence-corrected chi connectivity index (χ3v) is 12.3. The van der Waals surface area contributed by atoms with E-state index in [1.807, 2.05) is 12.1 Å². The van der Waals surface area contributed by atoms with Crippen molar-refractivity contribution in [3.63, 3.8) is 0 Å². The standard InChI is InChI=1S/C57H41NO/c1-57(2)52-36-43(40-26-24-39(25-27-40)38-14-5-3-6-15-38)30-34-48(52)49-35-33-45(37-53(49)57)58(54-22-11-9-18-46(54)41-16-7-4-8-17-41)44-31-28-42(29-32-44)47-20-13-21-51-50-19-10-12-23-55(50)59-56(47)51/h3-37H,1-2H3.